The highest BCUT2D eigenvalue weighted by Gasteiger charge is 1.99. The average Bonchev–Trinajstić information content (AvgIpc) is 3.00. The number of imidazole rings is 1. The van der Waals surface area contributed by atoms with Crippen molar-refractivity contribution in [1.82, 2.24) is 14.4 Å². The second-order valence-corrected chi connectivity index (χ2v) is 5.31. The highest BCUT2D eigenvalue weighted by atomic mass is 32.1. The van der Waals surface area contributed by atoms with Crippen LogP contribution in [0, 0.1) is 18.8 Å². The summed E-state index contributed by atoms with van der Waals surface area (Å²) >= 11 is 1.63. The third kappa shape index (κ3) is 2.83. The largest absolute Gasteiger partial charge is 0.307 e. The SMILES string of the molecule is Cc1nc(C#CCCc2cn3ccccc3n2)cs1. The quantitative estimate of drug-likeness (QED) is 0.668. The lowest BCUT2D eigenvalue weighted by Crippen LogP contribution is -1.82. The van der Waals surface area contributed by atoms with Crippen molar-refractivity contribution in [3.8, 4) is 11.8 Å². The van der Waals surface area contributed by atoms with Gasteiger partial charge in [0.2, 0.25) is 0 Å². The Morgan fingerprint density at radius 1 is 1.32 bits per heavy atom. The first kappa shape index (κ1) is 11.9. The van der Waals surface area contributed by atoms with Gasteiger partial charge in [0.25, 0.3) is 0 Å². The first-order chi connectivity index (χ1) is 9.31. The van der Waals surface area contributed by atoms with Crippen LogP contribution in [0.15, 0.2) is 36.0 Å². The Morgan fingerprint density at radius 3 is 3.05 bits per heavy atom. The number of rotatable bonds is 2. The van der Waals surface area contributed by atoms with Crippen LogP contribution in [-0.4, -0.2) is 14.4 Å². The number of hydrogen-bond donors (Lipinski definition) is 0. The van der Waals surface area contributed by atoms with Gasteiger partial charge in [-0.2, -0.15) is 0 Å². The van der Waals surface area contributed by atoms with Gasteiger partial charge in [-0.3, -0.25) is 0 Å². The fourth-order valence-corrected chi connectivity index (χ4v) is 2.42. The van der Waals surface area contributed by atoms with Gasteiger partial charge in [-0.05, 0) is 25.0 Å². The van der Waals surface area contributed by atoms with E-state index in [0.717, 1.165) is 34.9 Å². The molecule has 0 N–H and O–H groups in total. The van der Waals surface area contributed by atoms with Gasteiger partial charge in [-0.15, -0.1) is 11.3 Å². The average molecular weight is 267 g/mol. The zero-order valence-electron chi connectivity index (χ0n) is 10.6. The number of hydrogen-bond acceptors (Lipinski definition) is 3. The molecule has 19 heavy (non-hydrogen) atoms. The van der Waals surface area contributed by atoms with Gasteiger partial charge in [-0.1, -0.05) is 12.0 Å². The Hall–Kier alpha value is -2.12. The Labute approximate surface area is 116 Å². The fraction of sp³-hybridized carbons (Fsp3) is 0.200. The molecule has 4 heteroatoms. The number of fused-ring (bicyclic) bond motifs is 1. The van der Waals surface area contributed by atoms with Crippen molar-refractivity contribution >= 4 is 17.0 Å². The van der Waals surface area contributed by atoms with Gasteiger partial charge < -0.3 is 4.40 Å². The Balaban J connectivity index is 1.65. The van der Waals surface area contributed by atoms with Crippen molar-refractivity contribution in [2.24, 2.45) is 0 Å². The number of aromatic nitrogens is 3. The number of aryl methyl sites for hydroxylation is 2. The molecule has 0 aliphatic rings. The first-order valence-electron chi connectivity index (χ1n) is 6.15. The van der Waals surface area contributed by atoms with Crippen molar-refractivity contribution < 1.29 is 0 Å². The van der Waals surface area contributed by atoms with E-state index in [1.54, 1.807) is 11.3 Å². The van der Waals surface area contributed by atoms with E-state index in [1.807, 2.05) is 41.1 Å². The van der Waals surface area contributed by atoms with Crippen LogP contribution >= 0.6 is 11.3 Å². The zero-order valence-corrected chi connectivity index (χ0v) is 11.4. The smallest absolute Gasteiger partial charge is 0.136 e. The molecule has 3 aromatic heterocycles. The van der Waals surface area contributed by atoms with Crippen LogP contribution in [0.2, 0.25) is 0 Å². The molecule has 3 rings (SSSR count). The fourth-order valence-electron chi connectivity index (χ4n) is 1.87. The third-order valence-corrected chi connectivity index (χ3v) is 3.53. The summed E-state index contributed by atoms with van der Waals surface area (Å²) < 4.78 is 2.03. The summed E-state index contributed by atoms with van der Waals surface area (Å²) in [5, 5.41) is 3.05. The van der Waals surface area contributed by atoms with Crippen LogP contribution in [0.25, 0.3) is 5.65 Å². The Bertz CT molecular complexity index is 725. The van der Waals surface area contributed by atoms with Crippen molar-refractivity contribution in [3.63, 3.8) is 0 Å². The van der Waals surface area contributed by atoms with E-state index in [-0.39, 0.29) is 0 Å². The summed E-state index contributed by atoms with van der Waals surface area (Å²) in [5.41, 5.74) is 2.94. The van der Waals surface area contributed by atoms with Crippen LogP contribution in [0.3, 0.4) is 0 Å². The lowest BCUT2D eigenvalue weighted by atomic mass is 10.2. The molecule has 0 bridgehead atoms. The summed E-state index contributed by atoms with van der Waals surface area (Å²) in [6, 6.07) is 6.01. The van der Waals surface area contributed by atoms with Crippen molar-refractivity contribution in [2.45, 2.75) is 19.8 Å². The van der Waals surface area contributed by atoms with Gasteiger partial charge in [0, 0.05) is 30.6 Å². The molecule has 0 unspecified atom stereocenters. The Morgan fingerprint density at radius 2 is 2.26 bits per heavy atom. The van der Waals surface area contributed by atoms with Crippen LogP contribution in [0.1, 0.15) is 22.8 Å². The van der Waals surface area contributed by atoms with Crippen LogP contribution in [-0.2, 0) is 6.42 Å². The van der Waals surface area contributed by atoms with Gasteiger partial charge in [0.1, 0.15) is 11.3 Å². The molecule has 0 saturated heterocycles. The van der Waals surface area contributed by atoms with E-state index in [2.05, 4.69) is 28.0 Å². The molecule has 0 aliphatic carbocycles. The monoisotopic (exact) mass is 267 g/mol. The van der Waals surface area contributed by atoms with Crippen molar-refractivity contribution in [3.05, 3.63) is 52.4 Å². The molecule has 0 spiro atoms. The molecule has 0 atom stereocenters. The summed E-state index contributed by atoms with van der Waals surface area (Å²) in [5.74, 6) is 6.24. The second-order valence-electron chi connectivity index (χ2n) is 4.25. The second kappa shape index (κ2) is 5.25. The molecule has 3 nitrogen and oxygen atoms in total. The van der Waals surface area contributed by atoms with E-state index in [4.69, 9.17) is 0 Å². The van der Waals surface area contributed by atoms with Crippen LogP contribution < -0.4 is 0 Å². The molecular formula is C15H13N3S. The maximum atomic E-state index is 4.54. The minimum Gasteiger partial charge on any atom is -0.307 e. The van der Waals surface area contributed by atoms with E-state index in [9.17, 15) is 0 Å². The summed E-state index contributed by atoms with van der Waals surface area (Å²) in [6.07, 6.45) is 5.75. The molecule has 94 valence electrons. The molecule has 0 saturated carbocycles. The minimum absolute atomic E-state index is 0.806. The van der Waals surface area contributed by atoms with E-state index in [0.29, 0.717) is 0 Å². The highest BCUT2D eigenvalue weighted by molar-refractivity contribution is 7.09. The summed E-state index contributed by atoms with van der Waals surface area (Å²) in [7, 11) is 0. The predicted octanol–water partition coefficient (Wildman–Crippen LogP) is 3.08. The Kier molecular flexibility index (Phi) is 3.30. The lowest BCUT2D eigenvalue weighted by molar-refractivity contribution is 0.982. The van der Waals surface area contributed by atoms with Crippen LogP contribution in [0.5, 0.6) is 0 Å². The van der Waals surface area contributed by atoms with E-state index < -0.39 is 0 Å². The van der Waals surface area contributed by atoms with Gasteiger partial charge in [0.05, 0.1) is 10.7 Å². The molecular weight excluding hydrogens is 254 g/mol. The maximum Gasteiger partial charge on any atom is 0.136 e. The van der Waals surface area contributed by atoms with Gasteiger partial charge in [-0.25, -0.2) is 9.97 Å². The first-order valence-corrected chi connectivity index (χ1v) is 7.03. The standard InChI is InChI=1S/C15H13N3S/c1-12-16-14(11-19-12)7-3-2-6-13-10-18-9-5-4-8-15(18)17-13/h4-5,8-11H,2,6H2,1H3. The predicted molar refractivity (Wildman–Crippen MR) is 77.2 cm³/mol. The number of pyridine rings is 1. The topological polar surface area (TPSA) is 30.2 Å². The summed E-state index contributed by atoms with van der Waals surface area (Å²) in [4.78, 5) is 8.86. The van der Waals surface area contributed by atoms with Crippen LogP contribution in [0.4, 0.5) is 0 Å². The molecule has 0 amide bonds. The highest BCUT2D eigenvalue weighted by Crippen LogP contribution is 2.07. The maximum absolute atomic E-state index is 4.54. The number of thiazole rings is 1. The van der Waals surface area contributed by atoms with E-state index in [1.165, 1.54) is 0 Å². The lowest BCUT2D eigenvalue weighted by Gasteiger charge is -1.87. The molecule has 0 fully saturated rings. The normalized spacial score (nSPS) is 10.4. The van der Waals surface area contributed by atoms with Crippen molar-refractivity contribution in [1.29, 1.82) is 0 Å². The van der Waals surface area contributed by atoms with Crippen molar-refractivity contribution in [2.75, 3.05) is 0 Å². The molecule has 3 heterocycles. The molecule has 0 aromatic carbocycles. The summed E-state index contributed by atoms with van der Waals surface area (Å²) in [6.45, 7) is 1.99. The van der Waals surface area contributed by atoms with Gasteiger partial charge >= 0.3 is 0 Å². The molecule has 3 aromatic rings. The zero-order chi connectivity index (χ0) is 13.1. The van der Waals surface area contributed by atoms with Gasteiger partial charge in [0.15, 0.2) is 0 Å². The number of nitrogens with zero attached hydrogens (tertiary/aromatic N) is 3. The third-order valence-electron chi connectivity index (χ3n) is 2.76. The minimum atomic E-state index is 0.806. The molecule has 0 radical (unpaired) electrons. The van der Waals surface area contributed by atoms with E-state index >= 15 is 0 Å². The molecule has 0 aliphatic heterocycles.